The Labute approximate surface area is 247 Å². The van der Waals surface area contributed by atoms with Gasteiger partial charge in [0.05, 0.1) is 16.4 Å². The quantitative estimate of drug-likeness (QED) is 0.137. The minimum Gasteiger partial charge on any atom is -0.493 e. The molecule has 0 aromatic heterocycles. The number of imide groups is 2. The van der Waals surface area contributed by atoms with Gasteiger partial charge in [0.1, 0.15) is 12.2 Å². The van der Waals surface area contributed by atoms with Gasteiger partial charge in [-0.1, -0.05) is 52.3 Å². The van der Waals surface area contributed by atoms with Crippen molar-refractivity contribution in [2.75, 3.05) is 12.0 Å². The van der Waals surface area contributed by atoms with Gasteiger partial charge < -0.3 is 9.47 Å². The molecule has 0 saturated carbocycles. The summed E-state index contributed by atoms with van der Waals surface area (Å²) in [6.07, 6.45) is 1.44. The average molecular weight is 697 g/mol. The number of ether oxygens (including phenoxy) is 2. The minimum absolute atomic E-state index is 0.171. The molecule has 0 unspecified atom stereocenters. The van der Waals surface area contributed by atoms with Gasteiger partial charge in [0.2, 0.25) is 0 Å². The highest BCUT2D eigenvalue weighted by molar-refractivity contribution is 14.1. The molecule has 4 aromatic rings. The van der Waals surface area contributed by atoms with Gasteiger partial charge in [-0.25, -0.2) is 9.69 Å². The van der Waals surface area contributed by atoms with Gasteiger partial charge in [0.15, 0.2) is 11.5 Å². The van der Waals surface area contributed by atoms with Crippen LogP contribution in [-0.4, -0.2) is 25.0 Å². The van der Waals surface area contributed by atoms with Crippen LogP contribution in [0.1, 0.15) is 16.7 Å². The third-order valence-corrected chi connectivity index (χ3v) is 7.71. The number of urea groups is 1. The van der Waals surface area contributed by atoms with E-state index in [4.69, 9.17) is 9.47 Å². The first kappa shape index (κ1) is 26.9. The number of nitrogens with zero attached hydrogens (tertiary/aromatic N) is 1. The molecule has 0 atom stereocenters. The maximum absolute atomic E-state index is 13.2. The number of halogens is 2. The van der Waals surface area contributed by atoms with Crippen molar-refractivity contribution in [1.82, 2.24) is 5.32 Å². The van der Waals surface area contributed by atoms with Crippen LogP contribution >= 0.6 is 38.5 Å². The Kier molecular flexibility index (Phi) is 7.72. The normalized spacial score (nSPS) is 14.6. The Balaban J connectivity index is 1.45. The molecule has 1 heterocycles. The number of amides is 4. The Bertz CT molecular complexity index is 1670. The molecule has 1 aliphatic heterocycles. The van der Waals surface area contributed by atoms with Gasteiger partial charge in [-0.15, -0.1) is 0 Å². The number of benzene rings is 4. The second-order valence-electron chi connectivity index (χ2n) is 8.84. The molecule has 0 bridgehead atoms. The van der Waals surface area contributed by atoms with Gasteiger partial charge >= 0.3 is 6.03 Å². The predicted octanol–water partition coefficient (Wildman–Crippen LogP) is 6.77. The van der Waals surface area contributed by atoms with E-state index in [0.717, 1.165) is 34.8 Å². The van der Waals surface area contributed by atoms with Crippen molar-refractivity contribution in [1.29, 1.82) is 0 Å². The molecule has 5 rings (SSSR count). The number of barbiturate groups is 1. The second-order valence-corrected chi connectivity index (χ2v) is 10.9. The zero-order valence-electron chi connectivity index (χ0n) is 21.0. The summed E-state index contributed by atoms with van der Waals surface area (Å²) in [4.78, 5) is 39.3. The van der Waals surface area contributed by atoms with E-state index in [9.17, 15) is 14.4 Å². The third kappa shape index (κ3) is 5.41. The number of carbonyl (C=O) groups excluding carboxylic acids is 3. The molecular weight excluding hydrogens is 675 g/mol. The highest BCUT2D eigenvalue weighted by Gasteiger charge is 2.36. The fourth-order valence-electron chi connectivity index (χ4n) is 4.39. The monoisotopic (exact) mass is 696 g/mol. The molecule has 0 aliphatic carbocycles. The minimum atomic E-state index is -0.802. The van der Waals surface area contributed by atoms with Crippen molar-refractivity contribution >= 4 is 78.9 Å². The van der Waals surface area contributed by atoms with Crippen LogP contribution in [-0.2, 0) is 16.2 Å². The Morgan fingerprint density at radius 1 is 1.00 bits per heavy atom. The Morgan fingerprint density at radius 3 is 2.49 bits per heavy atom. The van der Waals surface area contributed by atoms with E-state index in [2.05, 4.69) is 75.0 Å². The van der Waals surface area contributed by atoms with Crippen molar-refractivity contribution < 1.29 is 23.9 Å². The lowest BCUT2D eigenvalue weighted by Crippen LogP contribution is -2.54. The highest BCUT2D eigenvalue weighted by Crippen LogP contribution is 2.36. The fraction of sp³-hybridized carbons (Fsp3) is 0.100. The first-order chi connectivity index (χ1) is 18.8. The molecule has 4 amide bonds. The number of fused-ring (bicyclic) bond motifs is 1. The van der Waals surface area contributed by atoms with Crippen molar-refractivity contribution in [3.8, 4) is 11.5 Å². The topological polar surface area (TPSA) is 84.9 Å². The summed E-state index contributed by atoms with van der Waals surface area (Å²) in [7, 11) is 1.53. The standard InChI is InChI=1S/C30H22BrIN2O5/c1-17-7-8-19-5-3-4-6-22(19)24(17)16-39-27-25(32)14-18(15-26(27)38-2)13-23-28(35)33-30(37)34(29(23)36)21-11-9-20(31)10-12-21/h3-15H,16H2,1-2H3,(H,33,35,37)/b23-13+. The Hall–Kier alpha value is -3.70. The fourth-order valence-corrected chi connectivity index (χ4v) is 5.44. The largest absolute Gasteiger partial charge is 0.493 e. The van der Waals surface area contributed by atoms with E-state index in [-0.39, 0.29) is 5.57 Å². The van der Waals surface area contributed by atoms with Crippen LogP contribution in [0.25, 0.3) is 16.8 Å². The number of nitrogens with one attached hydrogen (secondary N) is 1. The van der Waals surface area contributed by atoms with Gasteiger partial charge in [-0.05, 0) is 93.9 Å². The molecule has 4 aromatic carbocycles. The molecule has 39 heavy (non-hydrogen) atoms. The van der Waals surface area contributed by atoms with E-state index in [1.165, 1.54) is 13.2 Å². The van der Waals surface area contributed by atoms with E-state index < -0.39 is 17.8 Å². The van der Waals surface area contributed by atoms with E-state index in [1.807, 2.05) is 12.1 Å². The van der Waals surface area contributed by atoms with Gasteiger partial charge in [0.25, 0.3) is 11.8 Å². The smallest absolute Gasteiger partial charge is 0.335 e. The molecule has 9 heteroatoms. The molecule has 0 radical (unpaired) electrons. The summed E-state index contributed by atoms with van der Waals surface area (Å²) in [6, 6.07) is 21.7. The lowest BCUT2D eigenvalue weighted by atomic mass is 10.0. The summed E-state index contributed by atoms with van der Waals surface area (Å²) in [5.74, 6) is -0.472. The number of hydrogen-bond donors (Lipinski definition) is 1. The van der Waals surface area contributed by atoms with E-state index in [0.29, 0.717) is 29.4 Å². The molecule has 1 aliphatic rings. The van der Waals surface area contributed by atoms with Crippen molar-refractivity contribution in [3.63, 3.8) is 0 Å². The van der Waals surface area contributed by atoms with Crippen LogP contribution in [0.2, 0.25) is 0 Å². The van der Waals surface area contributed by atoms with Crippen LogP contribution in [0, 0.1) is 10.5 Å². The molecule has 1 N–H and O–H groups in total. The maximum atomic E-state index is 13.2. The van der Waals surface area contributed by atoms with Crippen LogP contribution in [0.3, 0.4) is 0 Å². The molecule has 0 spiro atoms. The predicted molar refractivity (Wildman–Crippen MR) is 162 cm³/mol. The maximum Gasteiger partial charge on any atom is 0.335 e. The Morgan fingerprint density at radius 2 is 1.74 bits per heavy atom. The van der Waals surface area contributed by atoms with E-state index in [1.54, 1.807) is 36.4 Å². The zero-order chi connectivity index (χ0) is 27.7. The number of aryl methyl sites for hydroxylation is 1. The molecule has 196 valence electrons. The van der Waals surface area contributed by atoms with E-state index >= 15 is 0 Å². The first-order valence-corrected chi connectivity index (χ1v) is 13.8. The number of carbonyl (C=O) groups is 3. The second kappa shape index (κ2) is 11.2. The first-order valence-electron chi connectivity index (χ1n) is 11.9. The van der Waals surface area contributed by atoms with Gasteiger partial charge in [-0.3, -0.25) is 14.9 Å². The van der Waals surface area contributed by atoms with Crippen LogP contribution in [0.4, 0.5) is 10.5 Å². The molecule has 1 fully saturated rings. The number of methoxy groups -OCH3 is 1. The molecule has 7 nitrogen and oxygen atoms in total. The number of hydrogen-bond acceptors (Lipinski definition) is 5. The zero-order valence-corrected chi connectivity index (χ0v) is 24.7. The van der Waals surface area contributed by atoms with Crippen LogP contribution in [0.5, 0.6) is 11.5 Å². The third-order valence-electron chi connectivity index (χ3n) is 6.38. The molecular formula is C30H22BrIN2O5. The highest BCUT2D eigenvalue weighted by atomic mass is 127. The lowest BCUT2D eigenvalue weighted by molar-refractivity contribution is -0.122. The molecule has 1 saturated heterocycles. The van der Waals surface area contributed by atoms with Crippen molar-refractivity contribution in [2.24, 2.45) is 0 Å². The lowest BCUT2D eigenvalue weighted by Gasteiger charge is -2.26. The van der Waals surface area contributed by atoms with Gasteiger partial charge in [0, 0.05) is 10.0 Å². The van der Waals surface area contributed by atoms with Crippen molar-refractivity contribution in [2.45, 2.75) is 13.5 Å². The summed E-state index contributed by atoms with van der Waals surface area (Å²) >= 11 is 5.48. The summed E-state index contributed by atoms with van der Waals surface area (Å²) < 4.78 is 13.4. The number of rotatable bonds is 6. The van der Waals surface area contributed by atoms with Crippen molar-refractivity contribution in [3.05, 3.63) is 103 Å². The summed E-state index contributed by atoms with van der Waals surface area (Å²) in [5, 5.41) is 4.51. The van der Waals surface area contributed by atoms with Crippen LogP contribution in [0.15, 0.2) is 82.8 Å². The average Bonchev–Trinajstić information content (AvgIpc) is 2.92. The summed E-state index contributed by atoms with van der Waals surface area (Å²) in [5.41, 5.74) is 2.93. The van der Waals surface area contributed by atoms with Crippen LogP contribution < -0.4 is 19.7 Å². The summed E-state index contributed by atoms with van der Waals surface area (Å²) in [6.45, 7) is 2.39. The van der Waals surface area contributed by atoms with Gasteiger partial charge in [-0.2, -0.15) is 0 Å². The number of anilines is 1. The SMILES string of the molecule is COc1cc(/C=C2\C(=O)NC(=O)N(c3ccc(Br)cc3)C2=O)cc(I)c1OCc1c(C)ccc2ccccc12.